The Morgan fingerprint density at radius 2 is 2.24 bits per heavy atom. The summed E-state index contributed by atoms with van der Waals surface area (Å²) in [6, 6.07) is 1.73. The Morgan fingerprint density at radius 1 is 1.53 bits per heavy atom. The average Bonchev–Trinajstić information content (AvgIpc) is 2.78. The molecule has 0 radical (unpaired) electrons. The first kappa shape index (κ1) is 12.1. The molecule has 1 aliphatic rings. The van der Waals surface area contributed by atoms with E-state index in [1.807, 2.05) is 0 Å². The van der Waals surface area contributed by atoms with E-state index in [4.69, 9.17) is 4.52 Å². The molecule has 0 aromatic carbocycles. The van der Waals surface area contributed by atoms with Crippen LogP contribution in [0.25, 0.3) is 0 Å². The number of aromatic nitrogens is 1. The zero-order valence-corrected chi connectivity index (χ0v) is 10.0. The summed E-state index contributed by atoms with van der Waals surface area (Å²) in [6.45, 7) is 1.50. The van der Waals surface area contributed by atoms with Gasteiger partial charge in [0, 0.05) is 18.4 Å². The van der Waals surface area contributed by atoms with Crippen LogP contribution in [0.4, 0.5) is 5.88 Å². The molecule has 5 nitrogen and oxygen atoms in total. The predicted molar refractivity (Wildman–Crippen MR) is 62.7 cm³/mol. The van der Waals surface area contributed by atoms with Crippen LogP contribution in [0, 0.1) is 0 Å². The summed E-state index contributed by atoms with van der Waals surface area (Å²) in [4.78, 5) is 10.9. The molecule has 1 aromatic heterocycles. The van der Waals surface area contributed by atoms with Crippen LogP contribution in [0.15, 0.2) is 10.6 Å². The maximum atomic E-state index is 10.9. The molecule has 0 bridgehead atoms. The van der Waals surface area contributed by atoms with Gasteiger partial charge in [-0.1, -0.05) is 24.4 Å². The molecule has 5 heteroatoms. The summed E-state index contributed by atoms with van der Waals surface area (Å²) in [5.41, 5.74) is 0.474. The summed E-state index contributed by atoms with van der Waals surface area (Å²) < 4.78 is 5.06. The summed E-state index contributed by atoms with van der Waals surface area (Å²) in [6.07, 6.45) is 5.26. The van der Waals surface area contributed by atoms with Gasteiger partial charge in [0.15, 0.2) is 0 Å². The number of carbonyl (C=O) groups excluding carboxylic acids is 1. The number of amides is 1. The minimum Gasteiger partial charge on any atom is -0.395 e. The number of rotatable bonds is 3. The molecular formula is C12H18N2O3. The first-order chi connectivity index (χ1) is 8.16. The molecule has 0 aliphatic heterocycles. The van der Waals surface area contributed by atoms with E-state index < -0.39 is 0 Å². The Morgan fingerprint density at radius 3 is 2.82 bits per heavy atom. The van der Waals surface area contributed by atoms with Crippen LogP contribution in [0.2, 0.25) is 0 Å². The second-order valence-electron chi connectivity index (χ2n) is 4.76. The van der Waals surface area contributed by atoms with Crippen LogP contribution < -0.4 is 5.32 Å². The second kappa shape index (κ2) is 4.87. The fourth-order valence-electron chi connectivity index (χ4n) is 2.48. The first-order valence-corrected chi connectivity index (χ1v) is 6.02. The highest BCUT2D eigenvalue weighted by Crippen LogP contribution is 2.39. The van der Waals surface area contributed by atoms with Gasteiger partial charge >= 0.3 is 0 Å². The molecule has 1 fully saturated rings. The van der Waals surface area contributed by atoms with Gasteiger partial charge in [0.05, 0.1) is 12.3 Å². The van der Waals surface area contributed by atoms with Gasteiger partial charge in [-0.15, -0.1) is 0 Å². The Hall–Kier alpha value is -1.36. The fourth-order valence-corrected chi connectivity index (χ4v) is 2.48. The van der Waals surface area contributed by atoms with Gasteiger partial charge in [0.25, 0.3) is 0 Å². The van der Waals surface area contributed by atoms with Crippen molar-refractivity contribution in [2.75, 3.05) is 11.9 Å². The lowest BCUT2D eigenvalue weighted by Gasteiger charge is -2.33. The molecule has 94 valence electrons. The molecule has 0 atom stereocenters. The van der Waals surface area contributed by atoms with Crippen molar-refractivity contribution in [2.45, 2.75) is 44.4 Å². The van der Waals surface area contributed by atoms with Gasteiger partial charge in [-0.05, 0) is 12.8 Å². The van der Waals surface area contributed by atoms with Crippen molar-refractivity contribution in [2.24, 2.45) is 0 Å². The van der Waals surface area contributed by atoms with Gasteiger partial charge in [-0.25, -0.2) is 0 Å². The molecule has 1 aliphatic carbocycles. The second-order valence-corrected chi connectivity index (χ2v) is 4.76. The number of hydrogen-bond acceptors (Lipinski definition) is 4. The lowest BCUT2D eigenvalue weighted by molar-refractivity contribution is -0.114. The van der Waals surface area contributed by atoms with E-state index in [0.717, 1.165) is 31.4 Å². The van der Waals surface area contributed by atoms with Crippen LogP contribution in [0.1, 0.15) is 44.7 Å². The Bertz CT molecular complexity index is 394. The third-order valence-electron chi connectivity index (χ3n) is 3.47. The first-order valence-electron chi connectivity index (χ1n) is 6.02. The highest BCUT2D eigenvalue weighted by atomic mass is 16.5. The smallest absolute Gasteiger partial charge is 0.231 e. The Kier molecular flexibility index (Phi) is 3.47. The van der Waals surface area contributed by atoms with Crippen LogP contribution in [0.3, 0.4) is 0 Å². The highest BCUT2D eigenvalue weighted by Gasteiger charge is 2.36. The van der Waals surface area contributed by atoms with Crippen molar-refractivity contribution in [3.05, 3.63) is 11.8 Å². The van der Waals surface area contributed by atoms with Gasteiger partial charge in [-0.3, -0.25) is 10.1 Å². The molecular weight excluding hydrogens is 220 g/mol. The van der Waals surface area contributed by atoms with Gasteiger partial charge < -0.3 is 9.63 Å². The minimum absolute atomic E-state index is 0.0824. The fraction of sp³-hybridized carbons (Fsp3) is 0.667. The molecule has 1 amide bonds. The normalized spacial score (nSPS) is 18.9. The van der Waals surface area contributed by atoms with Gasteiger partial charge in [0.1, 0.15) is 0 Å². The molecule has 1 aromatic rings. The molecule has 1 heterocycles. The van der Waals surface area contributed by atoms with Crippen LogP contribution in [-0.4, -0.2) is 22.8 Å². The zero-order chi connectivity index (χ0) is 12.3. The number of hydrogen-bond donors (Lipinski definition) is 2. The lowest BCUT2D eigenvalue weighted by Crippen LogP contribution is -2.33. The molecule has 1 saturated carbocycles. The minimum atomic E-state index is -0.279. The predicted octanol–water partition coefficient (Wildman–Crippen LogP) is 1.83. The van der Waals surface area contributed by atoms with Crippen LogP contribution in [-0.2, 0) is 10.2 Å². The monoisotopic (exact) mass is 238 g/mol. The van der Waals surface area contributed by atoms with Crippen molar-refractivity contribution < 1.29 is 14.4 Å². The topological polar surface area (TPSA) is 75.4 Å². The third-order valence-corrected chi connectivity index (χ3v) is 3.47. The summed E-state index contributed by atoms with van der Waals surface area (Å²) in [5, 5.41) is 16.2. The summed E-state index contributed by atoms with van der Waals surface area (Å²) >= 11 is 0. The standard InChI is InChI=1S/C12H18N2O3/c1-9(16)13-11-7-10(14-17-11)12(8-15)5-3-2-4-6-12/h7,15H,2-6,8H2,1H3,(H,13,16). The number of aliphatic hydroxyl groups excluding tert-OH is 1. The SMILES string of the molecule is CC(=O)Nc1cc(C2(CO)CCCCC2)no1. The van der Waals surface area contributed by atoms with Crippen LogP contribution >= 0.6 is 0 Å². The van der Waals surface area contributed by atoms with Crippen molar-refractivity contribution >= 4 is 11.8 Å². The number of nitrogens with zero attached hydrogens (tertiary/aromatic N) is 1. The van der Waals surface area contributed by atoms with E-state index in [-0.39, 0.29) is 17.9 Å². The molecule has 0 spiro atoms. The summed E-state index contributed by atoms with van der Waals surface area (Å²) in [7, 11) is 0. The third kappa shape index (κ3) is 2.49. The van der Waals surface area contributed by atoms with Crippen molar-refractivity contribution in [1.29, 1.82) is 0 Å². The Balaban J connectivity index is 2.19. The average molecular weight is 238 g/mol. The van der Waals surface area contributed by atoms with E-state index in [1.54, 1.807) is 6.07 Å². The molecule has 2 N–H and O–H groups in total. The maximum Gasteiger partial charge on any atom is 0.231 e. The highest BCUT2D eigenvalue weighted by molar-refractivity contribution is 5.87. The van der Waals surface area contributed by atoms with E-state index >= 15 is 0 Å². The van der Waals surface area contributed by atoms with E-state index in [2.05, 4.69) is 10.5 Å². The molecule has 0 unspecified atom stereocenters. The number of nitrogens with one attached hydrogen (secondary N) is 1. The van der Waals surface area contributed by atoms with Crippen molar-refractivity contribution in [3.8, 4) is 0 Å². The largest absolute Gasteiger partial charge is 0.395 e. The van der Waals surface area contributed by atoms with E-state index in [0.29, 0.717) is 5.88 Å². The van der Waals surface area contributed by atoms with Crippen molar-refractivity contribution in [1.82, 2.24) is 5.16 Å². The van der Waals surface area contributed by atoms with Crippen molar-refractivity contribution in [3.63, 3.8) is 0 Å². The van der Waals surface area contributed by atoms with Gasteiger partial charge in [-0.2, -0.15) is 0 Å². The number of aliphatic hydroxyl groups is 1. The van der Waals surface area contributed by atoms with E-state index in [1.165, 1.54) is 13.3 Å². The summed E-state index contributed by atoms with van der Waals surface area (Å²) in [5.74, 6) is 0.167. The quantitative estimate of drug-likeness (QED) is 0.842. The van der Waals surface area contributed by atoms with E-state index in [9.17, 15) is 9.90 Å². The molecule has 17 heavy (non-hydrogen) atoms. The number of carbonyl (C=O) groups is 1. The molecule has 0 saturated heterocycles. The van der Waals surface area contributed by atoms with Gasteiger partial charge in [0.2, 0.25) is 11.8 Å². The maximum absolute atomic E-state index is 10.9. The Labute approximate surface area is 100 Å². The number of anilines is 1. The van der Waals surface area contributed by atoms with Crippen LogP contribution in [0.5, 0.6) is 0 Å². The zero-order valence-electron chi connectivity index (χ0n) is 10.0. The molecule has 2 rings (SSSR count). The lowest BCUT2D eigenvalue weighted by atomic mass is 9.72.